The van der Waals surface area contributed by atoms with Crippen molar-refractivity contribution in [2.24, 2.45) is 5.92 Å². The molecule has 0 spiro atoms. The van der Waals surface area contributed by atoms with Gasteiger partial charge in [-0.15, -0.1) is 0 Å². The van der Waals surface area contributed by atoms with E-state index in [1.165, 1.54) is 14.2 Å². The standard InChI is InChI=1S/C20H27N3O5S/c1-27-18(25)8-3-5-15(19(26)28-2)21-20(29)22-10-13-9-14(12-22)16-6-4-7-17(24)23(16)11-13/h4,6-7,13-15H,3,5,8-12H2,1-2H3,(H,21,29)/t13-,14-,15-/m0/s1. The third kappa shape index (κ3) is 4.95. The summed E-state index contributed by atoms with van der Waals surface area (Å²) >= 11 is 5.59. The number of carbonyl (C=O) groups excluding carboxylic acids is 2. The van der Waals surface area contributed by atoms with E-state index in [-0.39, 0.29) is 23.9 Å². The average Bonchev–Trinajstić information content (AvgIpc) is 2.72. The first-order valence-electron chi connectivity index (χ1n) is 9.82. The molecule has 1 aromatic heterocycles. The van der Waals surface area contributed by atoms with E-state index < -0.39 is 12.0 Å². The van der Waals surface area contributed by atoms with Crippen LogP contribution in [0, 0.1) is 5.92 Å². The van der Waals surface area contributed by atoms with Gasteiger partial charge in [-0.3, -0.25) is 9.59 Å². The van der Waals surface area contributed by atoms with Gasteiger partial charge in [0.2, 0.25) is 0 Å². The first-order chi connectivity index (χ1) is 13.9. The van der Waals surface area contributed by atoms with Gasteiger partial charge < -0.3 is 24.3 Å². The molecule has 9 heteroatoms. The number of rotatable bonds is 6. The van der Waals surface area contributed by atoms with Crippen molar-refractivity contribution in [1.82, 2.24) is 14.8 Å². The monoisotopic (exact) mass is 421 g/mol. The second kappa shape index (κ2) is 9.39. The number of methoxy groups -OCH3 is 2. The van der Waals surface area contributed by atoms with Gasteiger partial charge in [0.15, 0.2) is 5.11 Å². The SMILES string of the molecule is COC(=O)CCC[C@H](NC(=S)N1C[C@@H]2C[C@@H](C1)c1cccc(=O)n1C2)C(=O)OC. The van der Waals surface area contributed by atoms with Crippen molar-refractivity contribution in [1.29, 1.82) is 0 Å². The summed E-state index contributed by atoms with van der Waals surface area (Å²) in [7, 11) is 2.67. The van der Waals surface area contributed by atoms with Crippen LogP contribution in [-0.2, 0) is 25.6 Å². The van der Waals surface area contributed by atoms with Gasteiger partial charge in [0.05, 0.1) is 14.2 Å². The summed E-state index contributed by atoms with van der Waals surface area (Å²) in [5.41, 5.74) is 1.09. The number of likely N-dealkylation sites (tertiary alicyclic amines) is 1. The number of esters is 2. The quantitative estimate of drug-likeness (QED) is 0.538. The molecule has 3 atom stereocenters. The lowest BCUT2D eigenvalue weighted by atomic mass is 9.83. The van der Waals surface area contributed by atoms with Crippen molar-refractivity contribution in [3.05, 3.63) is 34.2 Å². The number of hydrogen-bond acceptors (Lipinski definition) is 6. The number of pyridine rings is 1. The third-order valence-corrected chi connectivity index (χ3v) is 6.03. The molecule has 0 saturated carbocycles. The highest BCUT2D eigenvalue weighted by atomic mass is 32.1. The lowest BCUT2D eigenvalue weighted by molar-refractivity contribution is -0.144. The molecule has 2 aliphatic rings. The molecule has 1 aromatic rings. The van der Waals surface area contributed by atoms with Gasteiger partial charge in [-0.05, 0) is 43.5 Å². The van der Waals surface area contributed by atoms with Crippen molar-refractivity contribution in [2.75, 3.05) is 27.3 Å². The highest BCUT2D eigenvalue weighted by Gasteiger charge is 2.36. The fourth-order valence-corrected chi connectivity index (χ4v) is 4.54. The molecule has 2 bridgehead atoms. The van der Waals surface area contributed by atoms with E-state index in [9.17, 15) is 14.4 Å². The Bertz CT molecular complexity index is 840. The summed E-state index contributed by atoms with van der Waals surface area (Å²) in [5, 5.41) is 3.62. The number of piperidine rings is 1. The molecule has 3 heterocycles. The summed E-state index contributed by atoms with van der Waals surface area (Å²) in [6.45, 7) is 2.12. The maximum absolute atomic E-state index is 12.2. The Morgan fingerprint density at radius 3 is 2.76 bits per heavy atom. The van der Waals surface area contributed by atoms with Crippen LogP contribution in [0.15, 0.2) is 23.0 Å². The highest BCUT2D eigenvalue weighted by Crippen LogP contribution is 2.34. The second-order valence-electron chi connectivity index (χ2n) is 7.60. The fraction of sp³-hybridized carbons (Fsp3) is 0.600. The number of ether oxygens (including phenoxy) is 2. The van der Waals surface area contributed by atoms with Gasteiger partial charge in [0.25, 0.3) is 5.56 Å². The van der Waals surface area contributed by atoms with Gasteiger partial charge in [-0.25, -0.2) is 4.79 Å². The average molecular weight is 422 g/mol. The maximum Gasteiger partial charge on any atom is 0.328 e. The fourth-order valence-electron chi connectivity index (χ4n) is 4.25. The van der Waals surface area contributed by atoms with Gasteiger partial charge >= 0.3 is 11.9 Å². The van der Waals surface area contributed by atoms with Crippen LogP contribution in [0.4, 0.5) is 0 Å². The first kappa shape index (κ1) is 21.3. The molecule has 8 nitrogen and oxygen atoms in total. The van der Waals surface area contributed by atoms with Crippen molar-refractivity contribution in [3.63, 3.8) is 0 Å². The minimum absolute atomic E-state index is 0.0442. The molecule has 158 valence electrons. The number of hydrogen-bond donors (Lipinski definition) is 1. The number of thiocarbonyl (C=S) groups is 1. The number of carbonyl (C=O) groups is 2. The topological polar surface area (TPSA) is 89.9 Å². The van der Waals surface area contributed by atoms with Gasteiger partial charge in [0, 0.05) is 43.7 Å². The molecule has 1 saturated heterocycles. The molecule has 0 amide bonds. The zero-order valence-electron chi connectivity index (χ0n) is 16.8. The summed E-state index contributed by atoms with van der Waals surface area (Å²) < 4.78 is 11.4. The van der Waals surface area contributed by atoms with E-state index in [0.717, 1.165) is 18.7 Å². The molecule has 0 aliphatic carbocycles. The van der Waals surface area contributed by atoms with Crippen LogP contribution in [0.2, 0.25) is 0 Å². The highest BCUT2D eigenvalue weighted by molar-refractivity contribution is 7.80. The van der Waals surface area contributed by atoms with Crippen molar-refractivity contribution in [3.8, 4) is 0 Å². The van der Waals surface area contributed by atoms with Crippen LogP contribution < -0.4 is 10.9 Å². The number of nitrogens with zero attached hydrogens (tertiary/aromatic N) is 2. The molecule has 0 radical (unpaired) electrons. The molecule has 1 fully saturated rings. The van der Waals surface area contributed by atoms with Crippen LogP contribution in [0.3, 0.4) is 0 Å². The Kier molecular flexibility index (Phi) is 6.89. The van der Waals surface area contributed by atoms with Gasteiger partial charge in [-0.1, -0.05) is 6.07 Å². The Morgan fingerprint density at radius 2 is 2.03 bits per heavy atom. The predicted molar refractivity (Wildman–Crippen MR) is 111 cm³/mol. The minimum atomic E-state index is -0.617. The van der Waals surface area contributed by atoms with Crippen molar-refractivity contribution in [2.45, 2.75) is 44.2 Å². The van der Waals surface area contributed by atoms with Crippen LogP contribution in [0.5, 0.6) is 0 Å². The van der Waals surface area contributed by atoms with E-state index in [1.54, 1.807) is 12.1 Å². The largest absolute Gasteiger partial charge is 0.469 e. The Labute approximate surface area is 175 Å². The van der Waals surface area contributed by atoms with Crippen molar-refractivity contribution < 1.29 is 19.1 Å². The Hall–Kier alpha value is -2.42. The van der Waals surface area contributed by atoms with E-state index in [2.05, 4.69) is 15.0 Å². The zero-order valence-corrected chi connectivity index (χ0v) is 17.6. The molecular formula is C20H27N3O5S. The first-order valence-corrected chi connectivity index (χ1v) is 10.2. The molecule has 29 heavy (non-hydrogen) atoms. The molecule has 3 rings (SSSR count). The lowest BCUT2D eigenvalue weighted by Gasteiger charge is -2.44. The van der Waals surface area contributed by atoms with Crippen LogP contribution >= 0.6 is 12.2 Å². The smallest absolute Gasteiger partial charge is 0.328 e. The summed E-state index contributed by atoms with van der Waals surface area (Å²) in [6, 6.07) is 4.79. The maximum atomic E-state index is 12.2. The number of fused-ring (bicyclic) bond motifs is 4. The number of nitrogens with one attached hydrogen (secondary N) is 1. The summed E-state index contributed by atoms with van der Waals surface area (Å²) in [6.07, 6.45) is 2.17. The molecule has 0 aromatic carbocycles. The minimum Gasteiger partial charge on any atom is -0.469 e. The van der Waals surface area contributed by atoms with E-state index in [0.29, 0.717) is 37.0 Å². The van der Waals surface area contributed by atoms with Crippen molar-refractivity contribution >= 4 is 29.3 Å². The van der Waals surface area contributed by atoms with Crippen LogP contribution in [0.1, 0.15) is 37.3 Å². The predicted octanol–water partition coefficient (Wildman–Crippen LogP) is 1.03. The van der Waals surface area contributed by atoms with E-state index >= 15 is 0 Å². The van der Waals surface area contributed by atoms with Crippen LogP contribution in [0.25, 0.3) is 0 Å². The zero-order chi connectivity index (χ0) is 21.0. The molecular weight excluding hydrogens is 394 g/mol. The van der Waals surface area contributed by atoms with E-state index in [1.807, 2.05) is 10.6 Å². The lowest BCUT2D eigenvalue weighted by Crippen LogP contribution is -2.54. The third-order valence-electron chi connectivity index (χ3n) is 5.65. The van der Waals surface area contributed by atoms with E-state index in [4.69, 9.17) is 17.0 Å². The molecule has 2 aliphatic heterocycles. The normalized spacial score (nSPS) is 21.0. The molecule has 1 N–H and O–H groups in total. The molecule has 0 unspecified atom stereocenters. The second-order valence-corrected chi connectivity index (χ2v) is 7.98. The number of aromatic nitrogens is 1. The summed E-state index contributed by atoms with van der Waals surface area (Å²) in [5.74, 6) is -0.163. The van der Waals surface area contributed by atoms with Crippen LogP contribution in [-0.4, -0.2) is 59.9 Å². The Morgan fingerprint density at radius 1 is 1.24 bits per heavy atom. The Balaban J connectivity index is 1.64. The summed E-state index contributed by atoms with van der Waals surface area (Å²) in [4.78, 5) is 37.7. The van der Waals surface area contributed by atoms with Gasteiger partial charge in [0.1, 0.15) is 6.04 Å². The van der Waals surface area contributed by atoms with Gasteiger partial charge in [-0.2, -0.15) is 0 Å².